The van der Waals surface area contributed by atoms with Gasteiger partial charge in [0.2, 0.25) is 0 Å². The van der Waals surface area contributed by atoms with Crippen LogP contribution in [0.5, 0.6) is 5.75 Å². The molecular weight excluding hydrogens is 376 g/mol. The van der Waals surface area contributed by atoms with Gasteiger partial charge in [0.1, 0.15) is 17.4 Å². The molecule has 2 atom stereocenters. The molecule has 2 aromatic rings. The second-order valence-electron chi connectivity index (χ2n) is 6.63. The topological polar surface area (TPSA) is 49.8 Å². The first kappa shape index (κ1) is 19.6. The van der Waals surface area contributed by atoms with Crippen LogP contribution in [0.2, 0.25) is 5.02 Å². The highest BCUT2D eigenvalue weighted by molar-refractivity contribution is 6.30. The van der Waals surface area contributed by atoms with Crippen LogP contribution in [0, 0.1) is 17.6 Å². The van der Waals surface area contributed by atoms with E-state index in [1.807, 2.05) is 4.90 Å². The van der Waals surface area contributed by atoms with E-state index in [-0.39, 0.29) is 12.1 Å². The standard InChI is InChI=1S/C20H20ClF2NO3/c1-27-18-7-4-13(21)9-16(18)19(15-6-5-14(22)10-17(15)23)24-8-2-3-12(11-24)20(25)26/h4-7,9-10,12,19H,2-3,8,11H2,1H3,(H,25,26). The van der Waals surface area contributed by atoms with Gasteiger partial charge in [0, 0.05) is 28.8 Å². The number of nitrogens with zero attached hydrogens (tertiary/aromatic N) is 1. The number of carboxylic acids is 1. The summed E-state index contributed by atoms with van der Waals surface area (Å²) in [6.07, 6.45) is 1.23. The van der Waals surface area contributed by atoms with Gasteiger partial charge in [0.15, 0.2) is 0 Å². The van der Waals surface area contributed by atoms with E-state index in [0.29, 0.717) is 35.7 Å². The molecule has 3 rings (SSSR count). The molecule has 1 N–H and O–H groups in total. The number of methoxy groups -OCH3 is 1. The lowest BCUT2D eigenvalue weighted by atomic mass is 9.90. The van der Waals surface area contributed by atoms with Crippen LogP contribution in [0.4, 0.5) is 8.78 Å². The summed E-state index contributed by atoms with van der Waals surface area (Å²) in [4.78, 5) is 13.4. The SMILES string of the molecule is COc1ccc(Cl)cc1C(c1ccc(F)cc1F)N1CCCC(C(=O)O)C1. The van der Waals surface area contributed by atoms with Crippen molar-refractivity contribution in [2.75, 3.05) is 20.2 Å². The Morgan fingerprint density at radius 1 is 1.26 bits per heavy atom. The Labute approximate surface area is 161 Å². The van der Waals surface area contributed by atoms with Gasteiger partial charge in [0.05, 0.1) is 19.1 Å². The smallest absolute Gasteiger partial charge is 0.307 e. The van der Waals surface area contributed by atoms with Crippen LogP contribution in [-0.4, -0.2) is 36.2 Å². The van der Waals surface area contributed by atoms with Crippen molar-refractivity contribution in [1.82, 2.24) is 4.90 Å². The van der Waals surface area contributed by atoms with Gasteiger partial charge in [-0.05, 0) is 43.7 Å². The third-order valence-corrected chi connectivity index (χ3v) is 5.15. The van der Waals surface area contributed by atoms with Gasteiger partial charge in [-0.25, -0.2) is 8.78 Å². The van der Waals surface area contributed by atoms with Crippen molar-refractivity contribution in [3.05, 3.63) is 64.2 Å². The number of likely N-dealkylation sites (tertiary alicyclic amines) is 1. The van der Waals surface area contributed by atoms with E-state index in [4.69, 9.17) is 16.3 Å². The molecule has 0 aromatic heterocycles. The summed E-state index contributed by atoms with van der Waals surface area (Å²) in [6.45, 7) is 0.841. The lowest BCUT2D eigenvalue weighted by Gasteiger charge is -2.38. The molecule has 0 spiro atoms. The zero-order chi connectivity index (χ0) is 19.6. The fraction of sp³-hybridized carbons (Fsp3) is 0.350. The molecule has 27 heavy (non-hydrogen) atoms. The maximum atomic E-state index is 14.7. The number of rotatable bonds is 5. The number of halogens is 3. The predicted molar refractivity (Wildman–Crippen MR) is 98.1 cm³/mol. The first-order valence-electron chi connectivity index (χ1n) is 8.66. The molecule has 1 aliphatic rings. The molecule has 4 nitrogen and oxygen atoms in total. The van der Waals surface area contributed by atoms with Crippen LogP contribution in [0.15, 0.2) is 36.4 Å². The van der Waals surface area contributed by atoms with E-state index >= 15 is 0 Å². The molecule has 0 saturated carbocycles. The minimum atomic E-state index is -0.879. The highest BCUT2D eigenvalue weighted by Crippen LogP contribution is 2.39. The lowest BCUT2D eigenvalue weighted by Crippen LogP contribution is -2.41. The number of hydrogen-bond donors (Lipinski definition) is 1. The lowest BCUT2D eigenvalue weighted by molar-refractivity contribution is -0.143. The molecule has 144 valence electrons. The highest BCUT2D eigenvalue weighted by Gasteiger charge is 2.34. The van der Waals surface area contributed by atoms with Gasteiger partial charge < -0.3 is 9.84 Å². The Hall–Kier alpha value is -2.18. The van der Waals surface area contributed by atoms with E-state index in [2.05, 4.69) is 0 Å². The summed E-state index contributed by atoms with van der Waals surface area (Å²) < 4.78 is 33.6. The van der Waals surface area contributed by atoms with Gasteiger partial charge in [0.25, 0.3) is 0 Å². The van der Waals surface area contributed by atoms with Gasteiger partial charge in [-0.1, -0.05) is 17.7 Å². The van der Waals surface area contributed by atoms with Crippen molar-refractivity contribution >= 4 is 17.6 Å². The van der Waals surface area contributed by atoms with E-state index in [9.17, 15) is 18.7 Å². The van der Waals surface area contributed by atoms with Gasteiger partial charge in [-0.2, -0.15) is 0 Å². The Balaban J connectivity index is 2.12. The fourth-order valence-corrected chi connectivity index (χ4v) is 3.83. The minimum Gasteiger partial charge on any atom is -0.496 e. The molecule has 1 saturated heterocycles. The molecule has 1 fully saturated rings. The third-order valence-electron chi connectivity index (χ3n) is 4.91. The van der Waals surface area contributed by atoms with Crippen molar-refractivity contribution in [2.45, 2.75) is 18.9 Å². The van der Waals surface area contributed by atoms with Crippen molar-refractivity contribution in [3.63, 3.8) is 0 Å². The van der Waals surface area contributed by atoms with E-state index < -0.39 is 29.6 Å². The quantitative estimate of drug-likeness (QED) is 0.809. The molecule has 2 aromatic carbocycles. The predicted octanol–water partition coefficient (Wildman–Crippen LogP) is 4.51. The van der Waals surface area contributed by atoms with Crippen LogP contribution < -0.4 is 4.74 Å². The van der Waals surface area contributed by atoms with Crippen molar-refractivity contribution in [2.24, 2.45) is 5.92 Å². The van der Waals surface area contributed by atoms with Crippen LogP contribution in [0.3, 0.4) is 0 Å². The first-order valence-corrected chi connectivity index (χ1v) is 9.03. The number of piperidine rings is 1. The maximum Gasteiger partial charge on any atom is 0.307 e. The molecule has 0 amide bonds. The average molecular weight is 396 g/mol. The highest BCUT2D eigenvalue weighted by atomic mass is 35.5. The molecule has 1 heterocycles. The summed E-state index contributed by atoms with van der Waals surface area (Å²) in [5.74, 6) is -2.29. The number of carbonyl (C=O) groups is 1. The molecule has 7 heteroatoms. The molecule has 1 aliphatic heterocycles. The van der Waals surface area contributed by atoms with E-state index in [0.717, 1.165) is 6.07 Å². The normalized spacial score (nSPS) is 18.9. The van der Waals surface area contributed by atoms with Gasteiger partial charge in [-0.3, -0.25) is 9.69 Å². The summed E-state index contributed by atoms with van der Waals surface area (Å²) in [7, 11) is 1.50. The zero-order valence-electron chi connectivity index (χ0n) is 14.8. The van der Waals surface area contributed by atoms with E-state index in [1.165, 1.54) is 19.2 Å². The monoisotopic (exact) mass is 395 g/mol. The summed E-state index contributed by atoms with van der Waals surface area (Å²) in [5, 5.41) is 9.87. The van der Waals surface area contributed by atoms with Gasteiger partial charge in [-0.15, -0.1) is 0 Å². The Morgan fingerprint density at radius 2 is 2.04 bits per heavy atom. The van der Waals surface area contributed by atoms with Crippen LogP contribution in [0.25, 0.3) is 0 Å². The number of aliphatic carboxylic acids is 1. The zero-order valence-corrected chi connectivity index (χ0v) is 15.5. The first-order chi connectivity index (χ1) is 12.9. The number of benzene rings is 2. The van der Waals surface area contributed by atoms with Crippen molar-refractivity contribution in [3.8, 4) is 5.75 Å². The number of ether oxygens (including phenoxy) is 1. The molecule has 0 aliphatic carbocycles. The minimum absolute atomic E-state index is 0.253. The van der Waals surface area contributed by atoms with Crippen LogP contribution in [0.1, 0.15) is 30.0 Å². The molecule has 0 radical (unpaired) electrons. The summed E-state index contributed by atoms with van der Waals surface area (Å²) >= 11 is 6.17. The average Bonchev–Trinajstić information content (AvgIpc) is 2.64. The van der Waals surface area contributed by atoms with Crippen molar-refractivity contribution in [1.29, 1.82) is 0 Å². The van der Waals surface area contributed by atoms with E-state index in [1.54, 1.807) is 18.2 Å². The molecule has 2 unspecified atom stereocenters. The second kappa shape index (κ2) is 8.23. The Bertz CT molecular complexity index is 846. The Kier molecular flexibility index (Phi) is 5.97. The Morgan fingerprint density at radius 3 is 2.70 bits per heavy atom. The summed E-state index contributed by atoms with van der Waals surface area (Å²) in [6, 6.07) is 7.81. The second-order valence-corrected chi connectivity index (χ2v) is 7.06. The summed E-state index contributed by atoms with van der Waals surface area (Å²) in [5.41, 5.74) is 0.865. The third kappa shape index (κ3) is 4.22. The van der Waals surface area contributed by atoms with Gasteiger partial charge >= 0.3 is 5.97 Å². The van der Waals surface area contributed by atoms with Crippen LogP contribution >= 0.6 is 11.6 Å². The fourth-order valence-electron chi connectivity index (χ4n) is 3.65. The van der Waals surface area contributed by atoms with Crippen molar-refractivity contribution < 1.29 is 23.4 Å². The number of carboxylic acid groups (broad SMARTS) is 1. The maximum absolute atomic E-state index is 14.7. The largest absolute Gasteiger partial charge is 0.496 e. The number of hydrogen-bond acceptors (Lipinski definition) is 3. The molecular formula is C20H20ClF2NO3. The molecule has 0 bridgehead atoms. The van der Waals surface area contributed by atoms with Crippen LogP contribution in [-0.2, 0) is 4.79 Å².